The van der Waals surface area contributed by atoms with Crippen molar-refractivity contribution in [2.75, 3.05) is 12.4 Å². The summed E-state index contributed by atoms with van der Waals surface area (Å²) in [6, 6.07) is 34.0. The summed E-state index contributed by atoms with van der Waals surface area (Å²) in [6.45, 7) is 2.03. The number of benzene rings is 4. The van der Waals surface area contributed by atoms with Gasteiger partial charge in [-0.1, -0.05) is 72.8 Å². The van der Waals surface area contributed by atoms with E-state index in [1.54, 1.807) is 18.9 Å². The fourth-order valence-corrected chi connectivity index (χ4v) is 4.46. The Morgan fingerprint density at radius 1 is 0.882 bits per heavy atom. The predicted octanol–water partition coefficient (Wildman–Crippen LogP) is 7.48. The molecule has 0 bridgehead atoms. The zero-order valence-electron chi connectivity index (χ0n) is 19.3. The molecule has 0 aliphatic rings. The van der Waals surface area contributed by atoms with Gasteiger partial charge in [-0.25, -0.2) is 0 Å². The van der Waals surface area contributed by atoms with Crippen molar-refractivity contribution < 1.29 is 9.53 Å². The molecule has 0 radical (unpaired) electrons. The Bertz CT molecular complexity index is 1270. The van der Waals surface area contributed by atoms with Crippen molar-refractivity contribution in [1.29, 1.82) is 0 Å². The van der Waals surface area contributed by atoms with E-state index in [1.807, 2.05) is 79.7 Å². The molecule has 4 aromatic carbocycles. The molecule has 1 amide bonds. The Labute approximate surface area is 205 Å². The second-order valence-electron chi connectivity index (χ2n) is 7.90. The molecule has 0 spiro atoms. The van der Waals surface area contributed by atoms with Gasteiger partial charge < -0.3 is 10.1 Å². The first-order chi connectivity index (χ1) is 16.6. The average Bonchev–Trinajstić information content (AvgIpc) is 2.89. The lowest BCUT2D eigenvalue weighted by atomic mass is 10.0. The number of hydrogen-bond acceptors (Lipinski definition) is 3. The van der Waals surface area contributed by atoms with E-state index in [0.717, 1.165) is 33.9 Å². The zero-order valence-corrected chi connectivity index (χ0v) is 20.1. The highest BCUT2D eigenvalue weighted by atomic mass is 32.2. The van der Waals surface area contributed by atoms with Crippen LogP contribution < -0.4 is 10.1 Å². The fourth-order valence-electron chi connectivity index (χ4n) is 3.59. The van der Waals surface area contributed by atoms with Crippen LogP contribution in [0.2, 0.25) is 0 Å². The molecular formula is C30H27NO2S. The number of nitrogens with one attached hydrogen (secondary N) is 1. The van der Waals surface area contributed by atoms with Gasteiger partial charge in [-0.2, -0.15) is 0 Å². The minimum absolute atomic E-state index is 0.142. The van der Waals surface area contributed by atoms with Crippen LogP contribution in [0.15, 0.2) is 108 Å². The van der Waals surface area contributed by atoms with Crippen LogP contribution >= 0.6 is 11.8 Å². The van der Waals surface area contributed by atoms with Crippen LogP contribution in [-0.4, -0.2) is 13.0 Å². The third-order valence-electron chi connectivity index (χ3n) is 5.44. The van der Waals surface area contributed by atoms with Gasteiger partial charge >= 0.3 is 0 Å². The van der Waals surface area contributed by atoms with Crippen LogP contribution in [0.3, 0.4) is 0 Å². The zero-order chi connectivity index (χ0) is 23.8. The maximum absolute atomic E-state index is 13.4. The number of thioether (sulfide) groups is 1. The standard InChI is InChI=1S/C30H27NO2S/c1-22-19-24(21-34-27-11-7-4-8-12-27)15-18-29(22)31-30(32)28(25-9-5-3-6-10-25)20-23-13-16-26(33-2)17-14-23/h3-20H,21H2,1-2H3,(H,31,32)/b28-20+. The molecule has 4 heteroatoms. The van der Waals surface area contributed by atoms with Gasteiger partial charge in [0.15, 0.2) is 0 Å². The molecule has 4 aromatic rings. The summed E-state index contributed by atoms with van der Waals surface area (Å²) in [5, 5.41) is 3.11. The van der Waals surface area contributed by atoms with Gasteiger partial charge in [0.05, 0.1) is 7.11 Å². The van der Waals surface area contributed by atoms with E-state index in [1.165, 1.54) is 10.5 Å². The van der Waals surface area contributed by atoms with Crippen molar-refractivity contribution in [3.05, 3.63) is 125 Å². The molecular weight excluding hydrogens is 438 g/mol. The Hall–Kier alpha value is -3.76. The summed E-state index contributed by atoms with van der Waals surface area (Å²) >= 11 is 1.80. The van der Waals surface area contributed by atoms with Crippen molar-refractivity contribution in [2.24, 2.45) is 0 Å². The molecule has 0 aliphatic heterocycles. The van der Waals surface area contributed by atoms with Crippen molar-refractivity contribution in [1.82, 2.24) is 0 Å². The van der Waals surface area contributed by atoms with E-state index in [0.29, 0.717) is 5.57 Å². The summed E-state index contributed by atoms with van der Waals surface area (Å²) in [5.41, 5.74) is 5.48. The second-order valence-corrected chi connectivity index (χ2v) is 8.95. The molecule has 3 nitrogen and oxygen atoms in total. The van der Waals surface area contributed by atoms with Gasteiger partial charge in [0, 0.05) is 21.9 Å². The molecule has 0 fully saturated rings. The van der Waals surface area contributed by atoms with Gasteiger partial charge in [0.2, 0.25) is 0 Å². The number of aryl methyl sites for hydroxylation is 1. The monoisotopic (exact) mass is 465 g/mol. The van der Waals surface area contributed by atoms with E-state index in [-0.39, 0.29) is 5.91 Å². The Morgan fingerprint density at radius 2 is 1.56 bits per heavy atom. The van der Waals surface area contributed by atoms with Crippen LogP contribution in [0.25, 0.3) is 11.6 Å². The van der Waals surface area contributed by atoms with Crippen LogP contribution in [0, 0.1) is 6.92 Å². The number of hydrogen-bond donors (Lipinski definition) is 1. The number of amides is 1. The van der Waals surface area contributed by atoms with Crippen LogP contribution in [0.1, 0.15) is 22.3 Å². The summed E-state index contributed by atoms with van der Waals surface area (Å²) in [7, 11) is 1.64. The highest BCUT2D eigenvalue weighted by molar-refractivity contribution is 7.98. The second kappa shape index (κ2) is 11.4. The quantitative estimate of drug-likeness (QED) is 0.167. The van der Waals surface area contributed by atoms with Gasteiger partial charge in [-0.05, 0) is 65.6 Å². The third kappa shape index (κ3) is 6.18. The molecule has 34 heavy (non-hydrogen) atoms. The summed E-state index contributed by atoms with van der Waals surface area (Å²) in [6.07, 6.45) is 1.91. The molecule has 1 N–H and O–H groups in total. The molecule has 0 unspecified atom stereocenters. The minimum Gasteiger partial charge on any atom is -0.497 e. The Kier molecular flexibility index (Phi) is 7.84. The minimum atomic E-state index is -0.142. The number of ether oxygens (including phenoxy) is 1. The van der Waals surface area contributed by atoms with Gasteiger partial charge in [0.25, 0.3) is 5.91 Å². The molecule has 0 aliphatic carbocycles. The Morgan fingerprint density at radius 3 is 2.21 bits per heavy atom. The summed E-state index contributed by atoms with van der Waals surface area (Å²) in [4.78, 5) is 14.6. The number of rotatable bonds is 8. The number of carbonyl (C=O) groups is 1. The van der Waals surface area contributed by atoms with E-state index >= 15 is 0 Å². The summed E-state index contributed by atoms with van der Waals surface area (Å²) < 4.78 is 5.25. The first kappa shape index (κ1) is 23.4. The number of carbonyl (C=O) groups excluding carboxylic acids is 1. The van der Waals surface area contributed by atoms with Gasteiger partial charge in [0.1, 0.15) is 5.75 Å². The lowest BCUT2D eigenvalue weighted by Gasteiger charge is -2.13. The van der Waals surface area contributed by atoms with E-state index < -0.39 is 0 Å². The van der Waals surface area contributed by atoms with Gasteiger partial charge in [-0.3, -0.25) is 4.79 Å². The topological polar surface area (TPSA) is 38.3 Å². The van der Waals surface area contributed by atoms with Crippen LogP contribution in [-0.2, 0) is 10.5 Å². The lowest BCUT2D eigenvalue weighted by Crippen LogP contribution is -2.14. The highest BCUT2D eigenvalue weighted by Crippen LogP contribution is 2.27. The molecule has 0 saturated heterocycles. The molecule has 0 aromatic heterocycles. The molecule has 0 heterocycles. The lowest BCUT2D eigenvalue weighted by molar-refractivity contribution is -0.111. The van der Waals surface area contributed by atoms with Crippen molar-refractivity contribution in [3.8, 4) is 5.75 Å². The SMILES string of the molecule is COc1ccc(/C=C(/C(=O)Nc2ccc(CSc3ccccc3)cc2C)c2ccccc2)cc1. The molecule has 0 saturated carbocycles. The third-order valence-corrected chi connectivity index (χ3v) is 6.53. The largest absolute Gasteiger partial charge is 0.497 e. The van der Waals surface area contributed by atoms with Crippen LogP contribution in [0.5, 0.6) is 5.75 Å². The first-order valence-electron chi connectivity index (χ1n) is 11.1. The van der Waals surface area contributed by atoms with Crippen molar-refractivity contribution in [3.63, 3.8) is 0 Å². The number of anilines is 1. The maximum atomic E-state index is 13.4. The van der Waals surface area contributed by atoms with Gasteiger partial charge in [-0.15, -0.1) is 11.8 Å². The van der Waals surface area contributed by atoms with E-state index in [2.05, 4.69) is 41.7 Å². The summed E-state index contributed by atoms with van der Waals surface area (Å²) in [5.74, 6) is 1.52. The average molecular weight is 466 g/mol. The smallest absolute Gasteiger partial charge is 0.256 e. The van der Waals surface area contributed by atoms with E-state index in [4.69, 9.17) is 4.74 Å². The van der Waals surface area contributed by atoms with E-state index in [9.17, 15) is 4.79 Å². The molecule has 4 rings (SSSR count). The maximum Gasteiger partial charge on any atom is 0.256 e. The predicted molar refractivity (Wildman–Crippen MR) is 143 cm³/mol. The highest BCUT2D eigenvalue weighted by Gasteiger charge is 2.14. The first-order valence-corrected chi connectivity index (χ1v) is 12.1. The Balaban J connectivity index is 1.53. The normalized spacial score (nSPS) is 11.2. The van der Waals surface area contributed by atoms with Crippen molar-refractivity contribution >= 4 is 35.0 Å². The fraction of sp³-hybridized carbons (Fsp3) is 0.100. The molecule has 170 valence electrons. The molecule has 0 atom stereocenters. The number of methoxy groups -OCH3 is 1. The van der Waals surface area contributed by atoms with Crippen molar-refractivity contribution in [2.45, 2.75) is 17.6 Å². The van der Waals surface area contributed by atoms with Crippen LogP contribution in [0.4, 0.5) is 5.69 Å².